The quantitative estimate of drug-likeness (QED) is 0.295. The maximum absolute atomic E-state index is 14.3. The predicted molar refractivity (Wildman–Crippen MR) is 157 cm³/mol. The number of hydrogen-bond acceptors (Lipinski definition) is 8. The minimum Gasteiger partial charge on any atom is -0.447 e. The Balaban J connectivity index is 1.92. The molecule has 1 aliphatic rings. The van der Waals surface area contributed by atoms with Gasteiger partial charge in [-0.15, -0.1) is 11.3 Å². The molecule has 1 aromatic heterocycles. The number of ether oxygens (including phenoxy) is 2. The molecule has 0 atom stereocenters. The molecule has 1 saturated carbocycles. The lowest BCUT2D eigenvalue weighted by molar-refractivity contribution is 0.109. The van der Waals surface area contributed by atoms with Crippen LogP contribution >= 0.6 is 11.3 Å². The predicted octanol–water partition coefficient (Wildman–Crippen LogP) is 6.47. The van der Waals surface area contributed by atoms with Crippen LogP contribution in [0.1, 0.15) is 90.8 Å². The molecule has 1 fully saturated rings. The molecule has 1 aromatic carbocycles. The average molecular weight is 613 g/mol. The van der Waals surface area contributed by atoms with Crippen LogP contribution in [0.4, 0.5) is 19.7 Å². The van der Waals surface area contributed by atoms with E-state index in [1.54, 1.807) is 60.6 Å². The van der Waals surface area contributed by atoms with Gasteiger partial charge in [0.25, 0.3) is 0 Å². The fraction of sp³-hybridized carbons (Fsp3) is 0.607. The van der Waals surface area contributed by atoms with Gasteiger partial charge in [0.15, 0.2) is 0 Å². The second-order valence-corrected chi connectivity index (χ2v) is 14.4. The molecule has 2 amide bonds. The molecule has 228 valence electrons. The number of benzene rings is 1. The molecule has 41 heavy (non-hydrogen) atoms. The van der Waals surface area contributed by atoms with Gasteiger partial charge in [-0.05, 0) is 86.3 Å². The van der Waals surface area contributed by atoms with E-state index >= 15 is 0 Å². The molecule has 1 heterocycles. The highest BCUT2D eigenvalue weighted by Crippen LogP contribution is 2.42. The first kappa shape index (κ1) is 32.7. The Hall–Kier alpha value is -2.77. The summed E-state index contributed by atoms with van der Waals surface area (Å²) in [4.78, 5) is 29.1. The van der Waals surface area contributed by atoms with Crippen molar-refractivity contribution in [3.05, 3.63) is 28.9 Å². The number of anilines is 1. The first-order chi connectivity index (χ1) is 19.1. The number of nitrogens with zero attached hydrogens (tertiary/aromatic N) is 1. The Morgan fingerprint density at radius 1 is 1.05 bits per heavy atom. The number of aromatic nitrogens is 1. The van der Waals surface area contributed by atoms with Gasteiger partial charge in [0.2, 0.25) is 10.0 Å². The number of thiazole rings is 1. The largest absolute Gasteiger partial charge is 0.447 e. The molecular formula is C28H41FN4O6S2. The molecular weight excluding hydrogens is 571 g/mol. The summed E-state index contributed by atoms with van der Waals surface area (Å²) in [5.74, 6) is 0.0534. The highest BCUT2D eigenvalue weighted by Gasteiger charge is 2.31. The molecule has 3 rings (SSSR count). The van der Waals surface area contributed by atoms with Crippen molar-refractivity contribution in [2.75, 3.05) is 5.32 Å². The van der Waals surface area contributed by atoms with Crippen molar-refractivity contribution in [2.45, 2.75) is 115 Å². The third-order valence-corrected chi connectivity index (χ3v) is 9.22. The van der Waals surface area contributed by atoms with E-state index in [9.17, 15) is 22.4 Å². The van der Waals surface area contributed by atoms with E-state index in [2.05, 4.69) is 20.3 Å². The van der Waals surface area contributed by atoms with E-state index in [4.69, 9.17) is 9.47 Å². The summed E-state index contributed by atoms with van der Waals surface area (Å²) in [5, 5.41) is 6.19. The molecule has 0 bridgehead atoms. The zero-order valence-electron chi connectivity index (χ0n) is 24.7. The first-order valence-electron chi connectivity index (χ1n) is 13.8. The van der Waals surface area contributed by atoms with Gasteiger partial charge in [-0.1, -0.05) is 6.07 Å². The standard InChI is InChI=1S/C28H41FN4O6S2/c1-16(2)38-26(34)30-19-10-8-18(9-11-19)25-32-22(15-29)24(40-25)21-13-12-20(31-27(35)39-17(3)4)14-23(21)41(36,37)33-28(5,6)7/h12-14,16-19,33H,8-11,15H2,1-7H3,(H,30,34)(H,31,35)/t18-,19-. The normalized spacial score (nSPS) is 17.9. The van der Waals surface area contributed by atoms with Crippen LogP contribution in [-0.2, 0) is 26.2 Å². The number of rotatable bonds is 9. The van der Waals surface area contributed by atoms with E-state index in [0.29, 0.717) is 10.4 Å². The molecule has 0 aliphatic heterocycles. The van der Waals surface area contributed by atoms with Gasteiger partial charge in [0.1, 0.15) is 6.67 Å². The summed E-state index contributed by atoms with van der Waals surface area (Å²) >= 11 is 1.28. The lowest BCUT2D eigenvalue weighted by Gasteiger charge is -2.28. The number of amides is 2. The number of alkyl halides is 1. The van der Waals surface area contributed by atoms with Crippen molar-refractivity contribution in [2.24, 2.45) is 0 Å². The molecule has 10 nitrogen and oxygen atoms in total. The Morgan fingerprint density at radius 2 is 1.66 bits per heavy atom. The Labute approximate surface area is 245 Å². The number of carbonyl (C=O) groups is 2. The zero-order valence-corrected chi connectivity index (χ0v) is 26.3. The number of sulfonamides is 1. The summed E-state index contributed by atoms with van der Waals surface area (Å²) in [7, 11) is -4.08. The second-order valence-electron chi connectivity index (χ2n) is 11.8. The van der Waals surface area contributed by atoms with Crippen LogP contribution < -0.4 is 15.4 Å². The Kier molecular flexibility index (Phi) is 10.8. The Morgan fingerprint density at radius 3 is 2.22 bits per heavy atom. The van der Waals surface area contributed by atoms with Gasteiger partial charge in [-0.3, -0.25) is 5.32 Å². The molecule has 0 unspecified atom stereocenters. The SMILES string of the molecule is CC(C)OC(=O)Nc1ccc(-c2sc([C@H]3CC[C@H](NC(=O)OC(C)C)CC3)nc2CF)c(S(=O)(=O)NC(C)(C)C)c1. The highest BCUT2D eigenvalue weighted by atomic mass is 32.2. The maximum atomic E-state index is 14.3. The zero-order chi connectivity index (χ0) is 30.5. The minimum absolute atomic E-state index is 0.0137. The fourth-order valence-corrected chi connectivity index (χ4v) is 7.57. The number of halogens is 1. The first-order valence-corrected chi connectivity index (χ1v) is 16.1. The van der Waals surface area contributed by atoms with Crippen LogP contribution in [0, 0.1) is 0 Å². The summed E-state index contributed by atoms with van der Waals surface area (Å²) < 4.78 is 54.3. The van der Waals surface area contributed by atoms with Crippen molar-refractivity contribution >= 4 is 39.2 Å². The summed E-state index contributed by atoms with van der Waals surface area (Å²) in [6.07, 6.45) is 1.21. The number of carbonyl (C=O) groups excluding carboxylic acids is 2. The molecule has 0 spiro atoms. The van der Waals surface area contributed by atoms with Crippen LogP contribution in [0.15, 0.2) is 23.1 Å². The molecule has 2 aromatic rings. The van der Waals surface area contributed by atoms with E-state index < -0.39 is 34.4 Å². The van der Waals surface area contributed by atoms with Gasteiger partial charge < -0.3 is 14.8 Å². The number of nitrogens with one attached hydrogen (secondary N) is 3. The smallest absolute Gasteiger partial charge is 0.411 e. The molecule has 3 N–H and O–H groups in total. The minimum atomic E-state index is -4.08. The van der Waals surface area contributed by atoms with E-state index in [1.807, 2.05) is 0 Å². The summed E-state index contributed by atoms with van der Waals surface area (Å²) in [5.41, 5.74) is -0.0979. The van der Waals surface area contributed by atoms with Crippen molar-refractivity contribution in [3.8, 4) is 10.4 Å². The van der Waals surface area contributed by atoms with Gasteiger partial charge in [0.05, 0.1) is 32.7 Å². The van der Waals surface area contributed by atoms with Crippen molar-refractivity contribution < 1.29 is 31.9 Å². The van der Waals surface area contributed by atoms with Crippen molar-refractivity contribution in [3.63, 3.8) is 0 Å². The lowest BCUT2D eigenvalue weighted by Crippen LogP contribution is -2.40. The molecule has 0 radical (unpaired) electrons. The molecule has 1 aliphatic carbocycles. The molecule has 13 heteroatoms. The van der Waals surface area contributed by atoms with Crippen LogP contribution in [0.2, 0.25) is 0 Å². The van der Waals surface area contributed by atoms with Crippen LogP contribution in [-0.4, -0.2) is 49.4 Å². The third kappa shape index (κ3) is 9.37. The van der Waals surface area contributed by atoms with Crippen molar-refractivity contribution in [1.29, 1.82) is 0 Å². The maximum Gasteiger partial charge on any atom is 0.411 e. The lowest BCUT2D eigenvalue weighted by atomic mass is 9.86. The summed E-state index contributed by atoms with van der Waals surface area (Å²) in [6, 6.07) is 4.45. The van der Waals surface area contributed by atoms with E-state index in [-0.39, 0.29) is 40.4 Å². The monoisotopic (exact) mass is 612 g/mol. The topological polar surface area (TPSA) is 136 Å². The van der Waals surface area contributed by atoms with Gasteiger partial charge in [-0.25, -0.2) is 32.1 Å². The van der Waals surface area contributed by atoms with Gasteiger partial charge in [0, 0.05) is 28.7 Å². The number of alkyl carbamates (subject to hydrolysis) is 1. The average Bonchev–Trinajstić information content (AvgIpc) is 3.26. The van der Waals surface area contributed by atoms with Crippen LogP contribution in [0.25, 0.3) is 10.4 Å². The molecule has 0 saturated heterocycles. The fourth-order valence-electron chi connectivity index (χ4n) is 4.57. The van der Waals surface area contributed by atoms with Crippen LogP contribution in [0.5, 0.6) is 0 Å². The van der Waals surface area contributed by atoms with E-state index in [1.165, 1.54) is 17.4 Å². The van der Waals surface area contributed by atoms with Crippen LogP contribution in [0.3, 0.4) is 0 Å². The van der Waals surface area contributed by atoms with Crippen molar-refractivity contribution in [1.82, 2.24) is 15.0 Å². The number of hydrogen-bond donors (Lipinski definition) is 3. The third-order valence-electron chi connectivity index (χ3n) is 6.13. The van der Waals surface area contributed by atoms with Gasteiger partial charge >= 0.3 is 12.2 Å². The Bertz CT molecular complexity index is 1330. The van der Waals surface area contributed by atoms with E-state index in [0.717, 1.165) is 30.7 Å². The summed E-state index contributed by atoms with van der Waals surface area (Å²) in [6.45, 7) is 11.3. The second kappa shape index (κ2) is 13.5. The van der Waals surface area contributed by atoms with Gasteiger partial charge in [-0.2, -0.15) is 0 Å². The highest BCUT2D eigenvalue weighted by molar-refractivity contribution is 7.89.